The smallest absolute Gasteiger partial charge is 0.413 e. The second-order valence-electron chi connectivity index (χ2n) is 16.8. The molecule has 1 aromatic carbocycles. The van der Waals surface area contributed by atoms with Gasteiger partial charge in [-0.2, -0.15) is 0 Å². The molecule has 5 heterocycles. The molecule has 6 fully saturated rings. The number of amides is 4. The van der Waals surface area contributed by atoms with E-state index in [9.17, 15) is 24.3 Å². The molecule has 13 nitrogen and oxygen atoms in total. The molecule has 0 radical (unpaired) electrons. The topological polar surface area (TPSA) is 148 Å². The number of piperidine rings is 2. The zero-order chi connectivity index (χ0) is 35.8. The van der Waals surface area contributed by atoms with E-state index in [4.69, 9.17) is 4.74 Å². The van der Waals surface area contributed by atoms with Gasteiger partial charge in [-0.15, -0.1) is 0 Å². The van der Waals surface area contributed by atoms with Crippen LogP contribution in [0.25, 0.3) is 0 Å². The molecule has 9 rings (SSSR count). The number of benzene rings is 1. The van der Waals surface area contributed by atoms with Gasteiger partial charge in [0.05, 0.1) is 17.5 Å². The van der Waals surface area contributed by atoms with Crippen molar-refractivity contribution in [2.45, 2.75) is 95.0 Å². The lowest BCUT2D eigenvalue weighted by atomic mass is 9.38. The predicted molar refractivity (Wildman–Crippen MR) is 189 cm³/mol. The lowest BCUT2D eigenvalue weighted by molar-refractivity contribution is -0.231. The molecule has 1 unspecified atom stereocenters. The van der Waals surface area contributed by atoms with Crippen molar-refractivity contribution in [1.82, 2.24) is 25.0 Å². The highest BCUT2D eigenvalue weighted by atomic mass is 16.6. The minimum absolute atomic E-state index is 0.191. The molecule has 4 aliphatic heterocycles. The first-order valence-electron chi connectivity index (χ1n) is 18.4. The van der Waals surface area contributed by atoms with E-state index in [0.717, 1.165) is 62.6 Å². The van der Waals surface area contributed by atoms with Crippen LogP contribution in [0.4, 0.5) is 16.3 Å². The van der Waals surface area contributed by atoms with Gasteiger partial charge in [0, 0.05) is 69.9 Å². The van der Waals surface area contributed by atoms with Crippen molar-refractivity contribution < 1.29 is 29.0 Å². The number of hydrogen-bond donors (Lipinski definition) is 3. The quantitative estimate of drug-likeness (QED) is 0.368. The average Bonchev–Trinajstić information content (AvgIpc) is 3.38. The predicted octanol–water partition coefficient (Wildman–Crippen LogP) is 3.22. The standard InChI is InChI=1S/C38H49N7O6/c1-35(2,3)51-34(49)40-30-8-5-27(19-39-30)43-14-16-44(17-15-43)37-21-36(22-37,23-37)24-42-12-10-38(50,11-13-42)26-4-6-28-25(18-26)20-45(33(28)48)29-7-9-31(46)41-32(29)47/h4-6,8,18-19,29,50H,7,9-17,20-24H2,1-3H3,(H,39,40,49)(H,41,46,47). The Morgan fingerprint density at radius 3 is 2.39 bits per heavy atom. The Bertz CT molecular complexity index is 1720. The second kappa shape index (κ2) is 12.3. The van der Waals surface area contributed by atoms with Gasteiger partial charge < -0.3 is 24.5 Å². The van der Waals surface area contributed by atoms with Gasteiger partial charge in [-0.3, -0.25) is 29.9 Å². The van der Waals surface area contributed by atoms with Crippen molar-refractivity contribution in [3.63, 3.8) is 0 Å². The van der Waals surface area contributed by atoms with Gasteiger partial charge in [-0.1, -0.05) is 12.1 Å². The summed E-state index contributed by atoms with van der Waals surface area (Å²) in [5.41, 5.74) is 2.53. The third-order valence-electron chi connectivity index (χ3n) is 12.1. The molecule has 3 N–H and O–H groups in total. The molecule has 51 heavy (non-hydrogen) atoms. The van der Waals surface area contributed by atoms with Crippen LogP contribution in [0.1, 0.15) is 87.2 Å². The monoisotopic (exact) mass is 699 g/mol. The van der Waals surface area contributed by atoms with E-state index in [1.165, 1.54) is 19.3 Å². The summed E-state index contributed by atoms with van der Waals surface area (Å²) in [6.07, 6.45) is 6.90. The first-order valence-corrected chi connectivity index (χ1v) is 18.4. The summed E-state index contributed by atoms with van der Waals surface area (Å²) in [5.74, 6) is -0.424. The highest BCUT2D eigenvalue weighted by Gasteiger charge is 2.70. The van der Waals surface area contributed by atoms with Crippen LogP contribution in [-0.2, 0) is 26.5 Å². The minimum atomic E-state index is -0.943. The Morgan fingerprint density at radius 1 is 1.02 bits per heavy atom. The summed E-state index contributed by atoms with van der Waals surface area (Å²) in [5, 5.41) is 16.8. The molecule has 272 valence electrons. The van der Waals surface area contributed by atoms with E-state index in [1.807, 2.05) is 51.2 Å². The maximum absolute atomic E-state index is 13.1. The Labute approximate surface area is 298 Å². The summed E-state index contributed by atoms with van der Waals surface area (Å²) >= 11 is 0. The van der Waals surface area contributed by atoms with Crippen molar-refractivity contribution in [1.29, 1.82) is 0 Å². The highest BCUT2D eigenvalue weighted by Crippen LogP contribution is 2.70. The van der Waals surface area contributed by atoms with Crippen LogP contribution >= 0.6 is 0 Å². The van der Waals surface area contributed by atoms with Gasteiger partial charge in [-0.25, -0.2) is 9.78 Å². The summed E-state index contributed by atoms with van der Waals surface area (Å²) in [6, 6.07) is 8.81. The van der Waals surface area contributed by atoms with Crippen molar-refractivity contribution in [2.24, 2.45) is 5.41 Å². The molecule has 1 atom stereocenters. The van der Waals surface area contributed by atoms with Crippen molar-refractivity contribution in [3.05, 3.63) is 53.2 Å². The average molecular weight is 700 g/mol. The normalized spacial score (nSPS) is 29.2. The van der Waals surface area contributed by atoms with E-state index >= 15 is 0 Å². The van der Waals surface area contributed by atoms with Gasteiger partial charge in [0.1, 0.15) is 17.5 Å². The number of piperazine rings is 1. The number of aliphatic hydroxyl groups is 1. The number of imide groups is 1. The van der Waals surface area contributed by atoms with Gasteiger partial charge >= 0.3 is 6.09 Å². The summed E-state index contributed by atoms with van der Waals surface area (Å²) < 4.78 is 5.32. The number of rotatable bonds is 7. The van der Waals surface area contributed by atoms with Crippen LogP contribution in [0.2, 0.25) is 0 Å². The third-order valence-corrected chi connectivity index (χ3v) is 12.1. The minimum Gasteiger partial charge on any atom is -0.444 e. The number of ether oxygens (including phenoxy) is 1. The Morgan fingerprint density at radius 2 is 1.75 bits per heavy atom. The lowest BCUT2D eigenvalue weighted by Crippen LogP contribution is -2.78. The number of nitrogens with zero attached hydrogens (tertiary/aromatic N) is 5. The number of carbonyl (C=O) groups excluding carboxylic acids is 4. The number of aromatic nitrogens is 1. The lowest BCUT2D eigenvalue weighted by Gasteiger charge is -2.75. The largest absolute Gasteiger partial charge is 0.444 e. The van der Waals surface area contributed by atoms with Crippen LogP contribution in [-0.4, -0.2) is 112 Å². The second-order valence-corrected chi connectivity index (χ2v) is 16.8. The fraction of sp³-hybridized carbons (Fsp3) is 0.605. The molecule has 0 spiro atoms. The van der Waals surface area contributed by atoms with Gasteiger partial charge in [-0.05, 0) is 94.0 Å². The molecule has 4 amide bonds. The highest BCUT2D eigenvalue weighted by molar-refractivity contribution is 6.05. The van der Waals surface area contributed by atoms with E-state index in [2.05, 4.69) is 30.3 Å². The molecular weight excluding hydrogens is 650 g/mol. The number of likely N-dealkylation sites (tertiary alicyclic amines) is 1. The van der Waals surface area contributed by atoms with Crippen LogP contribution in [0.3, 0.4) is 0 Å². The molecule has 3 saturated carbocycles. The molecule has 3 aliphatic carbocycles. The number of carbonyl (C=O) groups is 4. The number of pyridine rings is 1. The zero-order valence-corrected chi connectivity index (χ0v) is 29.9. The number of fused-ring (bicyclic) bond motifs is 1. The molecule has 7 aliphatic rings. The summed E-state index contributed by atoms with van der Waals surface area (Å²) in [4.78, 5) is 62.9. The Balaban J connectivity index is 0.789. The van der Waals surface area contributed by atoms with Crippen molar-refractivity contribution >= 4 is 35.3 Å². The van der Waals surface area contributed by atoms with Crippen LogP contribution in [0.15, 0.2) is 36.5 Å². The maximum Gasteiger partial charge on any atom is 0.413 e. The Hall–Kier alpha value is -4.07. The maximum atomic E-state index is 13.1. The number of nitrogens with one attached hydrogen (secondary N) is 2. The van der Waals surface area contributed by atoms with E-state index in [1.54, 1.807) is 11.0 Å². The SMILES string of the molecule is CC(C)(C)OC(=O)Nc1ccc(N2CCN(C34CC(CN5CCC(O)(c6ccc7c(c6)CN(C6CCC(=O)NC6=O)C7=O)CC5)(C3)C4)CC2)cn1. The molecule has 2 aromatic rings. The van der Waals surface area contributed by atoms with Crippen LogP contribution in [0.5, 0.6) is 0 Å². The number of anilines is 2. The van der Waals surface area contributed by atoms with Gasteiger partial charge in [0.15, 0.2) is 0 Å². The fourth-order valence-corrected chi connectivity index (χ4v) is 9.64. The van der Waals surface area contributed by atoms with E-state index < -0.39 is 29.2 Å². The summed E-state index contributed by atoms with van der Waals surface area (Å²) in [7, 11) is 0. The van der Waals surface area contributed by atoms with Gasteiger partial charge in [0.25, 0.3) is 5.91 Å². The molecule has 2 bridgehead atoms. The molecule has 1 aromatic heterocycles. The molecular formula is C38H49N7O6. The first-order chi connectivity index (χ1) is 24.2. The van der Waals surface area contributed by atoms with E-state index in [-0.39, 0.29) is 18.2 Å². The van der Waals surface area contributed by atoms with Crippen molar-refractivity contribution in [3.8, 4) is 0 Å². The van der Waals surface area contributed by atoms with Gasteiger partial charge in [0.2, 0.25) is 11.8 Å². The fourth-order valence-electron chi connectivity index (χ4n) is 9.64. The molecule has 3 saturated heterocycles. The zero-order valence-electron chi connectivity index (χ0n) is 29.9. The third kappa shape index (κ3) is 6.37. The van der Waals surface area contributed by atoms with Crippen LogP contribution < -0.4 is 15.5 Å². The molecule has 13 heteroatoms. The summed E-state index contributed by atoms with van der Waals surface area (Å²) in [6.45, 7) is 12.5. The Kier molecular flexibility index (Phi) is 8.19. The first kappa shape index (κ1) is 34.0. The van der Waals surface area contributed by atoms with Crippen molar-refractivity contribution in [2.75, 3.05) is 56.0 Å². The van der Waals surface area contributed by atoms with Crippen LogP contribution in [0, 0.1) is 5.41 Å². The van der Waals surface area contributed by atoms with E-state index in [0.29, 0.717) is 48.1 Å². The number of hydrogen-bond acceptors (Lipinski definition) is 10.